The van der Waals surface area contributed by atoms with Gasteiger partial charge in [0, 0.05) is 24.7 Å². The van der Waals surface area contributed by atoms with Crippen LogP contribution >= 0.6 is 11.8 Å². The van der Waals surface area contributed by atoms with Crippen molar-refractivity contribution in [1.82, 2.24) is 10.2 Å². The quantitative estimate of drug-likeness (QED) is 0.751. The van der Waals surface area contributed by atoms with Crippen molar-refractivity contribution in [2.24, 2.45) is 0 Å². The van der Waals surface area contributed by atoms with Gasteiger partial charge in [-0.05, 0) is 44.2 Å². The molecular formula is C16H32N2S. The molecular weight excluding hydrogens is 252 g/mol. The van der Waals surface area contributed by atoms with Crippen molar-refractivity contribution in [3.8, 4) is 0 Å². The Bertz CT molecular complexity index is 251. The van der Waals surface area contributed by atoms with E-state index in [1.807, 2.05) is 11.8 Å². The zero-order valence-electron chi connectivity index (χ0n) is 12.9. The van der Waals surface area contributed by atoms with E-state index in [0.29, 0.717) is 5.54 Å². The summed E-state index contributed by atoms with van der Waals surface area (Å²) in [6, 6.07) is 0.742. The van der Waals surface area contributed by atoms with Crippen LogP contribution in [0.2, 0.25) is 0 Å². The van der Waals surface area contributed by atoms with E-state index in [1.165, 1.54) is 76.8 Å². The van der Waals surface area contributed by atoms with Crippen LogP contribution in [-0.2, 0) is 0 Å². The molecule has 1 heterocycles. The molecule has 0 aromatic carbocycles. The fourth-order valence-electron chi connectivity index (χ4n) is 3.94. The number of thioether (sulfide) groups is 1. The van der Waals surface area contributed by atoms with Gasteiger partial charge in [0.15, 0.2) is 0 Å². The van der Waals surface area contributed by atoms with Crippen LogP contribution in [0.1, 0.15) is 58.3 Å². The monoisotopic (exact) mass is 284 g/mol. The van der Waals surface area contributed by atoms with Crippen LogP contribution in [0.5, 0.6) is 0 Å². The van der Waals surface area contributed by atoms with Crippen molar-refractivity contribution in [3.63, 3.8) is 0 Å². The van der Waals surface area contributed by atoms with Crippen LogP contribution in [-0.4, -0.2) is 48.1 Å². The second-order valence-corrected chi connectivity index (χ2v) is 7.43. The van der Waals surface area contributed by atoms with Crippen LogP contribution in [0.3, 0.4) is 0 Å². The molecule has 0 amide bonds. The lowest BCUT2D eigenvalue weighted by Crippen LogP contribution is -2.65. The molecule has 2 nitrogen and oxygen atoms in total. The first-order valence-corrected chi connectivity index (χ1v) is 9.67. The minimum Gasteiger partial charge on any atom is -0.311 e. The highest BCUT2D eigenvalue weighted by Crippen LogP contribution is 2.35. The Morgan fingerprint density at radius 3 is 2.74 bits per heavy atom. The topological polar surface area (TPSA) is 15.3 Å². The third kappa shape index (κ3) is 4.12. The van der Waals surface area contributed by atoms with Gasteiger partial charge in [-0.15, -0.1) is 0 Å². The fraction of sp³-hybridized carbons (Fsp3) is 1.00. The molecule has 112 valence electrons. The van der Waals surface area contributed by atoms with Crippen LogP contribution in [0.4, 0.5) is 0 Å². The maximum Gasteiger partial charge on any atom is 0.0334 e. The minimum atomic E-state index is 0.515. The Balaban J connectivity index is 1.95. The van der Waals surface area contributed by atoms with Gasteiger partial charge in [0.25, 0.3) is 0 Å². The minimum absolute atomic E-state index is 0.515. The molecule has 3 heteroatoms. The highest BCUT2D eigenvalue weighted by atomic mass is 32.2. The molecule has 2 fully saturated rings. The summed E-state index contributed by atoms with van der Waals surface area (Å²) < 4.78 is 0. The predicted molar refractivity (Wildman–Crippen MR) is 87.1 cm³/mol. The average Bonchev–Trinajstić information content (AvgIpc) is 2.44. The molecule has 1 spiro atoms. The van der Waals surface area contributed by atoms with Crippen molar-refractivity contribution in [2.45, 2.75) is 69.9 Å². The van der Waals surface area contributed by atoms with Gasteiger partial charge in [-0.2, -0.15) is 11.8 Å². The smallest absolute Gasteiger partial charge is 0.0334 e. The van der Waals surface area contributed by atoms with E-state index in [2.05, 4.69) is 23.4 Å². The molecule has 0 aromatic heterocycles. The van der Waals surface area contributed by atoms with Gasteiger partial charge < -0.3 is 5.32 Å². The normalized spacial score (nSPS) is 27.8. The van der Waals surface area contributed by atoms with E-state index < -0.39 is 0 Å². The molecule has 1 atom stereocenters. The molecule has 2 rings (SSSR count). The van der Waals surface area contributed by atoms with E-state index in [0.717, 1.165) is 6.04 Å². The average molecular weight is 285 g/mol. The van der Waals surface area contributed by atoms with Crippen molar-refractivity contribution in [1.29, 1.82) is 0 Å². The lowest BCUT2D eigenvalue weighted by molar-refractivity contribution is 0.00878. The number of hydrogen-bond donors (Lipinski definition) is 1. The third-order valence-corrected chi connectivity index (χ3v) is 5.73. The van der Waals surface area contributed by atoms with Gasteiger partial charge in [0.1, 0.15) is 0 Å². The summed E-state index contributed by atoms with van der Waals surface area (Å²) in [6.45, 7) is 6.17. The first kappa shape index (κ1) is 15.7. The summed E-state index contributed by atoms with van der Waals surface area (Å²) in [6.07, 6.45) is 13.4. The lowest BCUT2D eigenvalue weighted by atomic mass is 9.78. The van der Waals surface area contributed by atoms with Gasteiger partial charge >= 0.3 is 0 Å². The Morgan fingerprint density at radius 1 is 1.26 bits per heavy atom. The number of hydrogen-bond acceptors (Lipinski definition) is 3. The molecule has 0 aromatic rings. The van der Waals surface area contributed by atoms with E-state index in [1.54, 1.807) is 0 Å². The zero-order valence-corrected chi connectivity index (χ0v) is 13.7. The molecule has 19 heavy (non-hydrogen) atoms. The summed E-state index contributed by atoms with van der Waals surface area (Å²) >= 11 is 1.99. The van der Waals surface area contributed by atoms with Crippen molar-refractivity contribution in [2.75, 3.05) is 31.6 Å². The van der Waals surface area contributed by atoms with Gasteiger partial charge in [-0.25, -0.2) is 0 Å². The van der Waals surface area contributed by atoms with Crippen LogP contribution in [0.25, 0.3) is 0 Å². The summed E-state index contributed by atoms with van der Waals surface area (Å²) in [4.78, 5) is 2.87. The SMILES string of the molecule is CCCC1CN(CCCSC)C2(CCCCC2)CN1. The van der Waals surface area contributed by atoms with Crippen LogP contribution in [0.15, 0.2) is 0 Å². The Morgan fingerprint density at radius 2 is 2.05 bits per heavy atom. The number of rotatable bonds is 6. The highest BCUT2D eigenvalue weighted by Gasteiger charge is 2.41. The summed E-state index contributed by atoms with van der Waals surface area (Å²) in [5, 5.41) is 3.85. The Kier molecular flexibility index (Phi) is 6.51. The molecule has 0 bridgehead atoms. The fourth-order valence-corrected chi connectivity index (χ4v) is 4.36. The molecule has 1 aliphatic heterocycles. The Hall–Kier alpha value is 0.270. The first-order valence-electron chi connectivity index (χ1n) is 8.28. The number of nitrogens with one attached hydrogen (secondary N) is 1. The van der Waals surface area contributed by atoms with E-state index in [-0.39, 0.29) is 0 Å². The van der Waals surface area contributed by atoms with Crippen LogP contribution < -0.4 is 5.32 Å². The molecule has 1 aliphatic carbocycles. The maximum atomic E-state index is 3.85. The molecule has 1 saturated heterocycles. The van der Waals surface area contributed by atoms with E-state index in [4.69, 9.17) is 0 Å². The zero-order chi connectivity index (χ0) is 13.6. The predicted octanol–water partition coefficient (Wildman–Crippen LogP) is 3.52. The van der Waals surface area contributed by atoms with E-state index in [9.17, 15) is 0 Å². The van der Waals surface area contributed by atoms with Gasteiger partial charge in [-0.1, -0.05) is 32.6 Å². The molecule has 1 N–H and O–H groups in total. The number of piperazine rings is 1. The van der Waals surface area contributed by atoms with Crippen molar-refractivity contribution in [3.05, 3.63) is 0 Å². The molecule has 0 radical (unpaired) electrons. The number of nitrogens with zero attached hydrogens (tertiary/aromatic N) is 1. The first-order chi connectivity index (χ1) is 9.30. The highest BCUT2D eigenvalue weighted by molar-refractivity contribution is 7.98. The van der Waals surface area contributed by atoms with Gasteiger partial charge in [0.2, 0.25) is 0 Å². The van der Waals surface area contributed by atoms with Crippen molar-refractivity contribution < 1.29 is 0 Å². The second-order valence-electron chi connectivity index (χ2n) is 6.44. The van der Waals surface area contributed by atoms with Crippen LogP contribution in [0, 0.1) is 0 Å². The lowest BCUT2D eigenvalue weighted by Gasteiger charge is -2.52. The summed E-state index contributed by atoms with van der Waals surface area (Å²) in [7, 11) is 0. The molecule has 2 aliphatic rings. The summed E-state index contributed by atoms with van der Waals surface area (Å²) in [5.74, 6) is 1.32. The van der Waals surface area contributed by atoms with E-state index >= 15 is 0 Å². The van der Waals surface area contributed by atoms with Gasteiger partial charge in [-0.3, -0.25) is 4.90 Å². The Labute approximate surface area is 124 Å². The largest absolute Gasteiger partial charge is 0.311 e. The second kappa shape index (κ2) is 7.90. The maximum absolute atomic E-state index is 3.85. The molecule has 1 unspecified atom stereocenters. The summed E-state index contributed by atoms with van der Waals surface area (Å²) in [5.41, 5.74) is 0.515. The molecule has 1 saturated carbocycles. The van der Waals surface area contributed by atoms with Crippen molar-refractivity contribution >= 4 is 11.8 Å². The standard InChI is InChI=1S/C16H32N2S/c1-3-8-15-13-18(11-7-12-19-2)16(14-17-15)9-5-4-6-10-16/h15,17H,3-14H2,1-2H3. The third-order valence-electron chi connectivity index (χ3n) is 5.03. The van der Waals surface area contributed by atoms with Gasteiger partial charge in [0.05, 0.1) is 0 Å².